The van der Waals surface area contributed by atoms with E-state index in [1.54, 1.807) is 25.1 Å². The second-order valence-corrected chi connectivity index (χ2v) is 4.71. The Morgan fingerprint density at radius 3 is 2.48 bits per heavy atom. The number of ether oxygens (including phenoxy) is 2. The van der Waals surface area contributed by atoms with Crippen LogP contribution in [0.2, 0.25) is 0 Å². The van der Waals surface area contributed by atoms with E-state index in [0.29, 0.717) is 23.7 Å². The molecule has 2 aromatic carbocycles. The highest BCUT2D eigenvalue weighted by molar-refractivity contribution is 5.77. The number of carboxylic acid groups (broad SMARTS) is 1. The number of aliphatic carboxylic acids is 1. The van der Waals surface area contributed by atoms with E-state index >= 15 is 0 Å². The minimum atomic E-state index is -0.895. The molecule has 110 valence electrons. The van der Waals surface area contributed by atoms with Crippen molar-refractivity contribution in [3.05, 3.63) is 59.7 Å². The van der Waals surface area contributed by atoms with Crippen molar-refractivity contribution in [3.8, 4) is 11.5 Å². The zero-order valence-corrected chi connectivity index (χ0v) is 12.1. The third-order valence-corrected chi connectivity index (χ3v) is 3.29. The number of benzene rings is 2. The van der Waals surface area contributed by atoms with Gasteiger partial charge in [-0.2, -0.15) is 0 Å². The molecule has 2 rings (SSSR count). The first kappa shape index (κ1) is 14.9. The van der Waals surface area contributed by atoms with Crippen molar-refractivity contribution in [1.82, 2.24) is 0 Å². The average molecular weight is 286 g/mol. The monoisotopic (exact) mass is 286 g/mol. The highest BCUT2D eigenvalue weighted by Gasteiger charge is 2.20. The standard InChI is InChI=1S/C17H18O4/c1-12(17(18)19)14-9-6-10-15(16(14)20-2)21-11-13-7-4-3-5-8-13/h3-10,12H,11H2,1-2H3,(H,18,19). The number of carbonyl (C=O) groups is 1. The van der Waals surface area contributed by atoms with Crippen LogP contribution in [0.3, 0.4) is 0 Å². The maximum atomic E-state index is 11.2. The predicted octanol–water partition coefficient (Wildman–Crippen LogP) is 3.46. The molecule has 1 unspecified atom stereocenters. The van der Waals surface area contributed by atoms with E-state index in [9.17, 15) is 4.79 Å². The summed E-state index contributed by atoms with van der Waals surface area (Å²) >= 11 is 0. The van der Waals surface area contributed by atoms with E-state index in [0.717, 1.165) is 5.56 Å². The normalized spacial score (nSPS) is 11.7. The van der Waals surface area contributed by atoms with Crippen molar-refractivity contribution in [2.45, 2.75) is 19.4 Å². The molecule has 1 N–H and O–H groups in total. The van der Waals surface area contributed by atoms with Gasteiger partial charge < -0.3 is 14.6 Å². The lowest BCUT2D eigenvalue weighted by Gasteiger charge is -2.16. The molecule has 0 heterocycles. The molecule has 0 saturated carbocycles. The first-order valence-electron chi connectivity index (χ1n) is 6.70. The summed E-state index contributed by atoms with van der Waals surface area (Å²) in [6.07, 6.45) is 0. The SMILES string of the molecule is COc1c(OCc2ccccc2)cccc1C(C)C(=O)O. The van der Waals surface area contributed by atoms with E-state index in [1.165, 1.54) is 7.11 Å². The molecule has 0 aliphatic carbocycles. The second kappa shape index (κ2) is 6.79. The Morgan fingerprint density at radius 2 is 1.86 bits per heavy atom. The lowest BCUT2D eigenvalue weighted by atomic mass is 10.00. The molecule has 4 heteroatoms. The van der Waals surface area contributed by atoms with E-state index in [4.69, 9.17) is 14.6 Å². The van der Waals surface area contributed by atoms with Crippen LogP contribution in [0.15, 0.2) is 48.5 Å². The zero-order chi connectivity index (χ0) is 15.2. The molecular formula is C17H18O4. The molecule has 0 aliphatic rings. The van der Waals surface area contributed by atoms with E-state index < -0.39 is 11.9 Å². The largest absolute Gasteiger partial charge is 0.493 e. The van der Waals surface area contributed by atoms with Gasteiger partial charge in [-0.3, -0.25) is 4.79 Å². The Balaban J connectivity index is 2.23. The van der Waals surface area contributed by atoms with Crippen molar-refractivity contribution in [2.75, 3.05) is 7.11 Å². The third-order valence-electron chi connectivity index (χ3n) is 3.29. The summed E-state index contributed by atoms with van der Waals surface area (Å²) in [6, 6.07) is 15.1. The molecule has 0 spiro atoms. The van der Waals surface area contributed by atoms with Gasteiger partial charge >= 0.3 is 5.97 Å². The van der Waals surface area contributed by atoms with Crippen LogP contribution in [0.25, 0.3) is 0 Å². The Kier molecular flexibility index (Phi) is 4.82. The molecule has 0 aliphatic heterocycles. The Morgan fingerprint density at radius 1 is 1.14 bits per heavy atom. The molecule has 0 aromatic heterocycles. The average Bonchev–Trinajstić information content (AvgIpc) is 2.52. The lowest BCUT2D eigenvalue weighted by Crippen LogP contribution is -2.09. The number of carboxylic acids is 1. The molecular weight excluding hydrogens is 268 g/mol. The zero-order valence-electron chi connectivity index (χ0n) is 12.1. The highest BCUT2D eigenvalue weighted by Crippen LogP contribution is 2.36. The van der Waals surface area contributed by atoms with E-state index in [-0.39, 0.29) is 0 Å². The van der Waals surface area contributed by atoms with E-state index in [1.807, 2.05) is 30.3 Å². The molecule has 0 amide bonds. The number of methoxy groups -OCH3 is 1. The molecule has 0 bridgehead atoms. The van der Waals surface area contributed by atoms with Gasteiger partial charge in [0, 0.05) is 5.56 Å². The number of para-hydroxylation sites is 1. The summed E-state index contributed by atoms with van der Waals surface area (Å²) in [5.41, 5.74) is 1.65. The van der Waals surface area contributed by atoms with Crippen LogP contribution in [0.4, 0.5) is 0 Å². The number of hydrogen-bond acceptors (Lipinski definition) is 3. The molecule has 21 heavy (non-hydrogen) atoms. The first-order chi connectivity index (χ1) is 10.1. The Bertz CT molecular complexity index is 607. The van der Waals surface area contributed by atoms with Crippen LogP contribution in [-0.2, 0) is 11.4 Å². The van der Waals surface area contributed by atoms with Gasteiger partial charge in [-0.05, 0) is 18.6 Å². The van der Waals surface area contributed by atoms with Gasteiger partial charge in [-0.1, -0.05) is 42.5 Å². The van der Waals surface area contributed by atoms with Crippen molar-refractivity contribution < 1.29 is 19.4 Å². The van der Waals surface area contributed by atoms with Gasteiger partial charge in [0.2, 0.25) is 0 Å². The maximum absolute atomic E-state index is 11.2. The maximum Gasteiger partial charge on any atom is 0.310 e. The lowest BCUT2D eigenvalue weighted by molar-refractivity contribution is -0.138. The van der Waals surface area contributed by atoms with Crippen LogP contribution in [0, 0.1) is 0 Å². The highest BCUT2D eigenvalue weighted by atomic mass is 16.5. The van der Waals surface area contributed by atoms with Crippen LogP contribution >= 0.6 is 0 Å². The summed E-state index contributed by atoms with van der Waals surface area (Å²) in [6.45, 7) is 2.03. The smallest absolute Gasteiger partial charge is 0.310 e. The van der Waals surface area contributed by atoms with E-state index in [2.05, 4.69) is 0 Å². The van der Waals surface area contributed by atoms with Crippen molar-refractivity contribution in [3.63, 3.8) is 0 Å². The summed E-state index contributed by atoms with van der Waals surface area (Å²) in [5, 5.41) is 9.16. The fraction of sp³-hybridized carbons (Fsp3) is 0.235. The Hall–Kier alpha value is -2.49. The van der Waals surface area contributed by atoms with Gasteiger partial charge in [0.1, 0.15) is 6.61 Å². The van der Waals surface area contributed by atoms with Gasteiger partial charge in [0.05, 0.1) is 13.0 Å². The fourth-order valence-electron chi connectivity index (χ4n) is 2.07. The molecule has 0 fully saturated rings. The number of rotatable bonds is 6. The molecule has 0 radical (unpaired) electrons. The van der Waals surface area contributed by atoms with Crippen molar-refractivity contribution >= 4 is 5.97 Å². The topological polar surface area (TPSA) is 55.8 Å². The van der Waals surface area contributed by atoms with Crippen LogP contribution in [-0.4, -0.2) is 18.2 Å². The Labute approximate surface area is 123 Å². The summed E-state index contributed by atoms with van der Waals surface area (Å²) in [5.74, 6) is -0.524. The molecule has 2 aromatic rings. The van der Waals surface area contributed by atoms with Gasteiger partial charge in [0.25, 0.3) is 0 Å². The van der Waals surface area contributed by atoms with Gasteiger partial charge in [0.15, 0.2) is 11.5 Å². The quantitative estimate of drug-likeness (QED) is 0.883. The molecule has 0 saturated heterocycles. The summed E-state index contributed by atoms with van der Waals surface area (Å²) in [4.78, 5) is 11.2. The predicted molar refractivity (Wildman–Crippen MR) is 79.8 cm³/mol. The number of hydrogen-bond donors (Lipinski definition) is 1. The minimum absolute atomic E-state index is 0.405. The summed E-state index contributed by atoms with van der Waals surface area (Å²) in [7, 11) is 1.52. The fourth-order valence-corrected chi connectivity index (χ4v) is 2.07. The van der Waals surface area contributed by atoms with Crippen molar-refractivity contribution in [2.24, 2.45) is 0 Å². The van der Waals surface area contributed by atoms with Crippen molar-refractivity contribution in [1.29, 1.82) is 0 Å². The van der Waals surface area contributed by atoms with Crippen LogP contribution < -0.4 is 9.47 Å². The van der Waals surface area contributed by atoms with Crippen LogP contribution in [0.5, 0.6) is 11.5 Å². The first-order valence-corrected chi connectivity index (χ1v) is 6.70. The second-order valence-electron chi connectivity index (χ2n) is 4.71. The van der Waals surface area contributed by atoms with Crippen LogP contribution in [0.1, 0.15) is 24.0 Å². The molecule has 1 atom stereocenters. The minimum Gasteiger partial charge on any atom is -0.493 e. The molecule has 4 nitrogen and oxygen atoms in total. The summed E-state index contributed by atoms with van der Waals surface area (Å²) < 4.78 is 11.1. The third kappa shape index (κ3) is 3.54. The van der Waals surface area contributed by atoms with Gasteiger partial charge in [-0.15, -0.1) is 0 Å². The van der Waals surface area contributed by atoms with Gasteiger partial charge in [-0.25, -0.2) is 0 Å².